The lowest BCUT2D eigenvalue weighted by molar-refractivity contribution is -0.0960. The Kier molecular flexibility index (Phi) is 12.2. The van der Waals surface area contributed by atoms with E-state index in [0.717, 1.165) is 99.5 Å². The molecule has 2 bridgehead atoms. The van der Waals surface area contributed by atoms with Gasteiger partial charge in [0.05, 0.1) is 22.0 Å². The first-order chi connectivity index (χ1) is 25.9. The molecule has 5 aliphatic rings. The number of nitrogens with one attached hydrogen (secondary N) is 1. The number of nitrogens with zero attached hydrogens (tertiary/aromatic N) is 3. The Morgan fingerprint density at radius 1 is 1.09 bits per heavy atom. The number of fused-ring (bicyclic) bond motifs is 2. The zero-order valence-corrected chi connectivity index (χ0v) is 34.9. The number of benzene rings is 2. The predicted octanol–water partition coefficient (Wildman–Crippen LogP) is 5.78. The molecule has 9 nitrogen and oxygen atoms in total. The van der Waals surface area contributed by atoms with Crippen LogP contribution < -0.4 is 14.4 Å². The number of methoxy groups -OCH3 is 1. The Morgan fingerprint density at radius 2 is 1.87 bits per heavy atom. The molecule has 2 saturated heterocycles. The van der Waals surface area contributed by atoms with Crippen LogP contribution in [0, 0.1) is 17.8 Å². The standard InChI is InChI=1S/C42H59ClN4O5S2/c1-6-8-31-21-35(43)12-13-37(31)34-24-47-23-33-10-14-38(33)42(51-4,28-45-17-19-46(20-18-45)36-26-53(49)27-36)16-7-9-29(2)30(3)54(5,50)44-41(48)32-11-15-40(52-25-34)39(47)22-32/h7,11-13,15-16,21-22,29-30,33-34,36,38H,5-6,8-10,14,17-20,23-28H2,1-4H3,(H,44,48,50)/b16-7+. The topological polar surface area (TPSA) is 91.4 Å². The summed E-state index contributed by atoms with van der Waals surface area (Å²) in [5.74, 6) is 6.79. The van der Waals surface area contributed by atoms with E-state index in [2.05, 4.69) is 63.4 Å². The minimum atomic E-state index is -2.97. The Bertz CT molecular complexity index is 1840. The van der Waals surface area contributed by atoms with Crippen LogP contribution in [0.5, 0.6) is 5.75 Å². The number of piperazine rings is 1. The van der Waals surface area contributed by atoms with Crippen molar-refractivity contribution in [1.82, 2.24) is 14.5 Å². The molecule has 7 unspecified atom stereocenters. The van der Waals surface area contributed by atoms with Crippen molar-refractivity contribution in [2.45, 2.75) is 75.7 Å². The number of halogens is 1. The van der Waals surface area contributed by atoms with Crippen molar-refractivity contribution in [2.75, 3.05) is 75.9 Å². The quantitative estimate of drug-likeness (QED) is 0.279. The van der Waals surface area contributed by atoms with Crippen LogP contribution in [0.4, 0.5) is 5.69 Å². The normalized spacial score (nSPS) is 35.8. The van der Waals surface area contributed by atoms with Gasteiger partial charge < -0.3 is 14.4 Å². The lowest BCUT2D eigenvalue weighted by Gasteiger charge is -2.52. The van der Waals surface area contributed by atoms with Gasteiger partial charge in [0.1, 0.15) is 11.4 Å². The molecule has 296 valence electrons. The lowest BCUT2D eigenvalue weighted by Crippen LogP contribution is -2.61. The summed E-state index contributed by atoms with van der Waals surface area (Å²) in [6.45, 7) is 12.9. The van der Waals surface area contributed by atoms with Gasteiger partial charge in [-0.2, -0.15) is 0 Å². The van der Waals surface area contributed by atoms with Crippen molar-refractivity contribution >= 4 is 49.6 Å². The predicted molar refractivity (Wildman–Crippen MR) is 223 cm³/mol. The Labute approximate surface area is 330 Å². The highest BCUT2D eigenvalue weighted by Crippen LogP contribution is 2.47. The van der Waals surface area contributed by atoms with Gasteiger partial charge in [-0.1, -0.05) is 50.1 Å². The molecule has 12 heteroatoms. The summed E-state index contributed by atoms with van der Waals surface area (Å²) in [6, 6.07) is 12.3. The summed E-state index contributed by atoms with van der Waals surface area (Å²) in [4.78, 5) is 21.3. The fourth-order valence-electron chi connectivity index (χ4n) is 9.33. The van der Waals surface area contributed by atoms with E-state index in [1.165, 1.54) is 11.1 Å². The minimum Gasteiger partial charge on any atom is -0.491 e. The average Bonchev–Trinajstić information content (AvgIpc) is 3.30. The molecule has 1 amide bonds. The van der Waals surface area contributed by atoms with Crippen LogP contribution in [0.25, 0.3) is 0 Å². The zero-order valence-electron chi connectivity index (χ0n) is 32.5. The molecule has 4 aliphatic heterocycles. The van der Waals surface area contributed by atoms with E-state index < -0.39 is 26.1 Å². The fourth-order valence-corrected chi connectivity index (χ4v) is 12.2. The molecule has 1 aliphatic carbocycles. The number of aryl methyl sites for hydroxylation is 1. The fraction of sp³-hybridized carbons (Fsp3) is 0.619. The molecule has 3 fully saturated rings. The minimum absolute atomic E-state index is 0.0149. The SMILES string of the molecule is C=S1(=O)NC(=O)c2ccc3c(c2)N(CC(c2ccc(Cl)cc2CCC)CO3)CC2CCC2C(CN2CCN(C3CS(=O)C3)CC2)(OC)/C=C/CC(C)C1C. The summed E-state index contributed by atoms with van der Waals surface area (Å²) in [5.41, 5.74) is 3.34. The highest BCUT2D eigenvalue weighted by Gasteiger charge is 2.49. The number of carbonyl (C=O) groups excluding carboxylic acids is 1. The second-order valence-corrected chi connectivity index (χ2v) is 20.9. The van der Waals surface area contributed by atoms with E-state index in [1.54, 1.807) is 6.07 Å². The van der Waals surface area contributed by atoms with Crippen LogP contribution in [0.1, 0.15) is 73.9 Å². The molecule has 7 rings (SSSR count). The summed E-state index contributed by atoms with van der Waals surface area (Å²) < 4.78 is 42.0. The first-order valence-corrected chi connectivity index (χ1v) is 23.6. The maximum Gasteiger partial charge on any atom is 0.262 e. The number of hydrogen-bond donors (Lipinski definition) is 1. The Morgan fingerprint density at radius 3 is 2.56 bits per heavy atom. The van der Waals surface area contributed by atoms with Gasteiger partial charge >= 0.3 is 0 Å². The van der Waals surface area contributed by atoms with E-state index in [9.17, 15) is 13.2 Å². The number of amides is 1. The van der Waals surface area contributed by atoms with Gasteiger partial charge in [0.25, 0.3) is 5.91 Å². The monoisotopic (exact) mass is 798 g/mol. The molecule has 54 heavy (non-hydrogen) atoms. The van der Waals surface area contributed by atoms with Gasteiger partial charge in [-0.15, -0.1) is 0 Å². The lowest BCUT2D eigenvalue weighted by atomic mass is 9.63. The molecule has 2 aromatic carbocycles. The van der Waals surface area contributed by atoms with Crippen molar-refractivity contribution in [3.05, 3.63) is 70.3 Å². The van der Waals surface area contributed by atoms with Gasteiger partial charge in [0, 0.05) is 103 Å². The van der Waals surface area contributed by atoms with Gasteiger partial charge in [-0.05, 0) is 97.7 Å². The third kappa shape index (κ3) is 8.33. The summed E-state index contributed by atoms with van der Waals surface area (Å²) in [6.07, 6.45) is 9.35. The molecular formula is C42H59ClN4O5S2. The highest BCUT2D eigenvalue weighted by molar-refractivity contribution is 7.99. The van der Waals surface area contributed by atoms with Crippen LogP contribution in [0.3, 0.4) is 0 Å². The van der Waals surface area contributed by atoms with Crippen molar-refractivity contribution in [2.24, 2.45) is 17.8 Å². The van der Waals surface area contributed by atoms with Gasteiger partial charge in [0.2, 0.25) is 0 Å². The summed E-state index contributed by atoms with van der Waals surface area (Å²) in [5, 5.41) is 0.396. The van der Waals surface area contributed by atoms with E-state index in [4.69, 9.17) is 21.1 Å². The number of carbonyl (C=O) groups is 1. The third-order valence-corrected chi connectivity index (χ3v) is 17.1. The smallest absolute Gasteiger partial charge is 0.262 e. The van der Waals surface area contributed by atoms with Gasteiger partial charge in [-0.25, -0.2) is 4.21 Å². The maximum absolute atomic E-state index is 14.0. The van der Waals surface area contributed by atoms with Crippen LogP contribution in [-0.2, 0) is 31.7 Å². The number of hydrogen-bond acceptors (Lipinski definition) is 8. The summed E-state index contributed by atoms with van der Waals surface area (Å²) >= 11 is 6.51. The van der Waals surface area contributed by atoms with Gasteiger partial charge in [0.15, 0.2) is 0 Å². The molecule has 0 radical (unpaired) electrons. The molecule has 7 atom stereocenters. The van der Waals surface area contributed by atoms with Crippen molar-refractivity contribution in [3.63, 3.8) is 0 Å². The van der Waals surface area contributed by atoms with E-state index in [1.807, 2.05) is 32.2 Å². The first kappa shape index (κ1) is 39.8. The van der Waals surface area contributed by atoms with Crippen LogP contribution in [0.15, 0.2) is 48.6 Å². The molecule has 1 saturated carbocycles. The second kappa shape index (κ2) is 16.6. The van der Waals surface area contributed by atoms with Crippen molar-refractivity contribution in [1.29, 1.82) is 0 Å². The number of rotatable bonds is 7. The maximum atomic E-state index is 14.0. The highest BCUT2D eigenvalue weighted by atomic mass is 35.5. The number of allylic oxidation sites excluding steroid dienone is 1. The van der Waals surface area contributed by atoms with E-state index in [-0.39, 0.29) is 28.9 Å². The van der Waals surface area contributed by atoms with Crippen LogP contribution in [-0.4, -0.2) is 118 Å². The molecular weight excluding hydrogens is 740 g/mol. The Balaban J connectivity index is 1.24. The Hall–Kier alpha value is -2.41. The number of ether oxygens (including phenoxy) is 2. The number of anilines is 1. The molecule has 1 N–H and O–H groups in total. The van der Waals surface area contributed by atoms with E-state index >= 15 is 0 Å². The molecule has 4 heterocycles. The van der Waals surface area contributed by atoms with Crippen LogP contribution in [0.2, 0.25) is 5.02 Å². The first-order valence-electron chi connectivity index (χ1n) is 19.9. The van der Waals surface area contributed by atoms with Crippen molar-refractivity contribution < 1.29 is 22.7 Å². The van der Waals surface area contributed by atoms with Crippen LogP contribution >= 0.6 is 11.6 Å². The zero-order chi connectivity index (χ0) is 38.2. The van der Waals surface area contributed by atoms with E-state index in [0.29, 0.717) is 30.6 Å². The second-order valence-electron chi connectivity index (χ2n) is 16.5. The van der Waals surface area contributed by atoms with Gasteiger partial charge in [-0.3, -0.25) is 23.5 Å². The average molecular weight is 800 g/mol. The van der Waals surface area contributed by atoms with Crippen molar-refractivity contribution in [3.8, 4) is 5.75 Å². The summed E-state index contributed by atoms with van der Waals surface area (Å²) in [7, 11) is -1.75. The largest absolute Gasteiger partial charge is 0.491 e. The molecule has 0 spiro atoms. The third-order valence-electron chi connectivity index (χ3n) is 13.1. The molecule has 0 aromatic heterocycles. The molecule has 2 aromatic rings.